The van der Waals surface area contributed by atoms with Crippen molar-refractivity contribution in [2.75, 3.05) is 19.6 Å². The van der Waals surface area contributed by atoms with E-state index in [1.807, 2.05) is 0 Å². The van der Waals surface area contributed by atoms with Crippen molar-refractivity contribution in [1.82, 2.24) is 4.90 Å². The van der Waals surface area contributed by atoms with Crippen molar-refractivity contribution in [2.45, 2.75) is 72.3 Å². The molecule has 1 aliphatic rings. The number of hydrogen-bond donors (Lipinski definition) is 1. The van der Waals surface area contributed by atoms with Crippen LogP contribution < -0.4 is 5.73 Å². The maximum Gasteiger partial charge on any atom is 0.0161 e. The first-order valence-electron chi connectivity index (χ1n) is 7.77. The zero-order valence-corrected chi connectivity index (χ0v) is 13.3. The second-order valence-corrected chi connectivity index (χ2v) is 7.47. The molecule has 0 amide bonds. The molecule has 2 N–H and O–H groups in total. The van der Waals surface area contributed by atoms with Gasteiger partial charge >= 0.3 is 0 Å². The molecule has 2 heteroatoms. The van der Waals surface area contributed by atoms with Crippen molar-refractivity contribution in [3.63, 3.8) is 0 Å². The molecule has 0 aromatic rings. The first-order valence-corrected chi connectivity index (χ1v) is 7.77. The molecule has 0 radical (unpaired) electrons. The van der Waals surface area contributed by atoms with Gasteiger partial charge in [0.15, 0.2) is 0 Å². The van der Waals surface area contributed by atoms with Gasteiger partial charge in [0.25, 0.3) is 0 Å². The normalized spacial score (nSPS) is 24.0. The fraction of sp³-hybridized carbons (Fsp3) is 1.00. The van der Waals surface area contributed by atoms with Crippen LogP contribution in [0, 0.1) is 11.3 Å². The third kappa shape index (κ3) is 4.55. The maximum atomic E-state index is 6.32. The second kappa shape index (κ2) is 6.38. The molecule has 1 unspecified atom stereocenters. The number of nitrogens with zero attached hydrogens (tertiary/aromatic N) is 1. The molecule has 0 aromatic heterocycles. The van der Waals surface area contributed by atoms with Crippen LogP contribution in [0.4, 0.5) is 0 Å². The molecule has 1 fully saturated rings. The van der Waals surface area contributed by atoms with E-state index in [9.17, 15) is 0 Å². The zero-order valence-electron chi connectivity index (χ0n) is 13.3. The average Bonchev–Trinajstić information content (AvgIpc) is 2.42. The van der Waals surface area contributed by atoms with Gasteiger partial charge in [0.1, 0.15) is 0 Å². The zero-order chi connectivity index (χ0) is 13.8. The summed E-state index contributed by atoms with van der Waals surface area (Å²) in [7, 11) is 0. The Hall–Kier alpha value is -0.0800. The Morgan fingerprint density at radius 1 is 1.11 bits per heavy atom. The molecular formula is C16H34N2. The molecule has 1 aliphatic heterocycles. The maximum absolute atomic E-state index is 6.32. The largest absolute Gasteiger partial charge is 0.325 e. The highest BCUT2D eigenvalue weighted by Gasteiger charge is 2.35. The van der Waals surface area contributed by atoms with Crippen LogP contribution in [-0.2, 0) is 0 Å². The first-order chi connectivity index (χ1) is 8.26. The van der Waals surface area contributed by atoms with Crippen LogP contribution in [0.5, 0.6) is 0 Å². The molecule has 1 saturated heterocycles. The Balaban J connectivity index is 2.49. The molecular weight excluding hydrogens is 220 g/mol. The minimum atomic E-state index is -0.109. The summed E-state index contributed by atoms with van der Waals surface area (Å²) < 4.78 is 0. The molecule has 0 aromatic carbocycles. The van der Waals surface area contributed by atoms with E-state index < -0.39 is 0 Å². The minimum Gasteiger partial charge on any atom is -0.325 e. The van der Waals surface area contributed by atoms with Gasteiger partial charge in [-0.2, -0.15) is 0 Å². The number of likely N-dealkylation sites (tertiary alicyclic amines) is 1. The molecule has 108 valence electrons. The predicted molar refractivity (Wildman–Crippen MR) is 80.7 cm³/mol. The van der Waals surface area contributed by atoms with Gasteiger partial charge < -0.3 is 10.6 Å². The third-order valence-corrected chi connectivity index (χ3v) is 5.00. The fourth-order valence-electron chi connectivity index (χ4n) is 2.84. The van der Waals surface area contributed by atoms with Crippen molar-refractivity contribution in [1.29, 1.82) is 0 Å². The second-order valence-electron chi connectivity index (χ2n) is 7.47. The Morgan fingerprint density at radius 3 is 2.33 bits per heavy atom. The van der Waals surface area contributed by atoms with Crippen molar-refractivity contribution < 1.29 is 0 Å². The lowest BCUT2D eigenvalue weighted by molar-refractivity contribution is 0.115. The van der Waals surface area contributed by atoms with Crippen LogP contribution in [0.3, 0.4) is 0 Å². The van der Waals surface area contributed by atoms with Gasteiger partial charge in [-0.1, -0.05) is 33.6 Å². The molecule has 0 saturated carbocycles. The number of hydrogen-bond acceptors (Lipinski definition) is 2. The van der Waals surface area contributed by atoms with Crippen molar-refractivity contribution >= 4 is 0 Å². The fourth-order valence-corrected chi connectivity index (χ4v) is 2.84. The topological polar surface area (TPSA) is 29.3 Å². The van der Waals surface area contributed by atoms with E-state index in [1.54, 1.807) is 0 Å². The van der Waals surface area contributed by atoms with Crippen molar-refractivity contribution in [2.24, 2.45) is 17.1 Å². The SMILES string of the molecule is CCCC1CCCN(CC(C)(C)C(C)(C)N)CC1. The van der Waals surface area contributed by atoms with Gasteiger partial charge in [0, 0.05) is 12.1 Å². The molecule has 0 bridgehead atoms. The van der Waals surface area contributed by atoms with Gasteiger partial charge in [-0.05, 0) is 57.5 Å². The molecule has 18 heavy (non-hydrogen) atoms. The summed E-state index contributed by atoms with van der Waals surface area (Å²) in [6, 6.07) is 0. The lowest BCUT2D eigenvalue weighted by atomic mass is 9.75. The molecule has 0 aliphatic carbocycles. The highest BCUT2D eigenvalue weighted by atomic mass is 15.1. The summed E-state index contributed by atoms with van der Waals surface area (Å²) in [6.45, 7) is 14.9. The van der Waals surface area contributed by atoms with Crippen LogP contribution >= 0.6 is 0 Å². The van der Waals surface area contributed by atoms with Crippen LogP contribution in [0.25, 0.3) is 0 Å². The third-order valence-electron chi connectivity index (χ3n) is 5.00. The van der Waals surface area contributed by atoms with Gasteiger partial charge in [-0.25, -0.2) is 0 Å². The van der Waals surface area contributed by atoms with Gasteiger partial charge in [0.05, 0.1) is 0 Å². The Bertz CT molecular complexity index is 240. The van der Waals surface area contributed by atoms with Crippen LogP contribution in [0.1, 0.15) is 66.7 Å². The highest BCUT2D eigenvalue weighted by Crippen LogP contribution is 2.31. The monoisotopic (exact) mass is 254 g/mol. The smallest absolute Gasteiger partial charge is 0.0161 e. The molecule has 1 atom stereocenters. The lowest BCUT2D eigenvalue weighted by Gasteiger charge is -2.42. The predicted octanol–water partition coefficient (Wildman–Crippen LogP) is 3.65. The van der Waals surface area contributed by atoms with E-state index in [0.29, 0.717) is 0 Å². The minimum absolute atomic E-state index is 0.109. The lowest BCUT2D eigenvalue weighted by Crippen LogP contribution is -2.53. The first kappa shape index (κ1) is 16.0. The Morgan fingerprint density at radius 2 is 1.78 bits per heavy atom. The summed E-state index contributed by atoms with van der Waals surface area (Å²) in [6.07, 6.45) is 6.93. The van der Waals surface area contributed by atoms with Gasteiger partial charge in [-0.15, -0.1) is 0 Å². The van der Waals surface area contributed by atoms with Gasteiger partial charge in [-0.3, -0.25) is 0 Å². The van der Waals surface area contributed by atoms with E-state index in [0.717, 1.165) is 12.5 Å². The van der Waals surface area contributed by atoms with Crippen LogP contribution in [-0.4, -0.2) is 30.1 Å². The molecule has 0 spiro atoms. The van der Waals surface area contributed by atoms with Crippen molar-refractivity contribution in [3.8, 4) is 0 Å². The summed E-state index contributed by atoms with van der Waals surface area (Å²) >= 11 is 0. The molecule has 1 heterocycles. The standard InChI is InChI=1S/C16H34N2/c1-6-8-14-9-7-11-18(12-10-14)13-15(2,3)16(4,5)17/h14H,6-13,17H2,1-5H3. The average molecular weight is 254 g/mol. The van der Waals surface area contributed by atoms with Crippen LogP contribution in [0.2, 0.25) is 0 Å². The van der Waals surface area contributed by atoms with E-state index in [2.05, 4.69) is 39.5 Å². The summed E-state index contributed by atoms with van der Waals surface area (Å²) in [5.74, 6) is 0.967. The number of rotatable bonds is 5. The van der Waals surface area contributed by atoms with E-state index >= 15 is 0 Å². The molecule has 1 rings (SSSR count). The van der Waals surface area contributed by atoms with E-state index in [-0.39, 0.29) is 11.0 Å². The number of nitrogens with two attached hydrogens (primary N) is 1. The van der Waals surface area contributed by atoms with E-state index in [1.165, 1.54) is 45.2 Å². The summed E-state index contributed by atoms with van der Waals surface area (Å²) in [4.78, 5) is 2.64. The van der Waals surface area contributed by atoms with Gasteiger partial charge in [0.2, 0.25) is 0 Å². The quantitative estimate of drug-likeness (QED) is 0.811. The van der Waals surface area contributed by atoms with Crippen molar-refractivity contribution in [3.05, 3.63) is 0 Å². The summed E-state index contributed by atoms with van der Waals surface area (Å²) in [5.41, 5.74) is 6.39. The highest BCUT2D eigenvalue weighted by molar-refractivity contribution is 4.92. The Kier molecular flexibility index (Phi) is 5.67. The molecule has 2 nitrogen and oxygen atoms in total. The summed E-state index contributed by atoms with van der Waals surface area (Å²) in [5, 5.41) is 0. The van der Waals surface area contributed by atoms with Crippen LogP contribution in [0.15, 0.2) is 0 Å². The Labute approximate surface area is 114 Å². The van der Waals surface area contributed by atoms with E-state index in [4.69, 9.17) is 5.73 Å².